The third-order valence-corrected chi connectivity index (χ3v) is 3.22. The van der Waals surface area contributed by atoms with Gasteiger partial charge in [-0.2, -0.15) is 0 Å². The molecule has 0 amide bonds. The van der Waals surface area contributed by atoms with Gasteiger partial charge < -0.3 is 15.2 Å². The van der Waals surface area contributed by atoms with Crippen molar-refractivity contribution in [3.05, 3.63) is 47.7 Å². The maximum absolute atomic E-state index is 13.7. The van der Waals surface area contributed by atoms with Crippen LogP contribution >= 0.6 is 0 Å². The Kier molecular flexibility index (Phi) is 3.39. The number of carbonyl (C=O) groups is 1. The molecule has 1 aromatic heterocycles. The first-order valence-electron chi connectivity index (χ1n) is 6.38. The van der Waals surface area contributed by atoms with Crippen LogP contribution in [0.2, 0.25) is 0 Å². The molecule has 0 fully saturated rings. The van der Waals surface area contributed by atoms with Gasteiger partial charge in [0, 0.05) is 12.0 Å². The van der Waals surface area contributed by atoms with Crippen LogP contribution in [-0.4, -0.2) is 27.7 Å². The summed E-state index contributed by atoms with van der Waals surface area (Å²) in [6.07, 6.45) is 3.17. The van der Waals surface area contributed by atoms with Gasteiger partial charge >= 0.3 is 5.97 Å². The van der Waals surface area contributed by atoms with Gasteiger partial charge in [-0.05, 0) is 6.07 Å². The zero-order chi connectivity index (χ0) is 14.8. The molecule has 21 heavy (non-hydrogen) atoms. The van der Waals surface area contributed by atoms with E-state index in [1.54, 1.807) is 12.1 Å². The van der Waals surface area contributed by atoms with Crippen LogP contribution in [0.3, 0.4) is 0 Å². The van der Waals surface area contributed by atoms with Crippen molar-refractivity contribution < 1.29 is 19.0 Å². The molecule has 108 valence electrons. The predicted octanol–water partition coefficient (Wildman–Crippen LogP) is 2.25. The molecule has 0 saturated carbocycles. The topological polar surface area (TPSA) is 84.3 Å². The molecule has 6 nitrogen and oxygen atoms in total. The minimum absolute atomic E-state index is 0.126. The van der Waals surface area contributed by atoms with Gasteiger partial charge in [0.2, 0.25) is 0 Å². The highest BCUT2D eigenvalue weighted by Gasteiger charge is 2.24. The van der Waals surface area contributed by atoms with E-state index in [9.17, 15) is 9.18 Å². The molecule has 1 atom stereocenters. The van der Waals surface area contributed by atoms with E-state index in [1.807, 2.05) is 0 Å². The monoisotopic (exact) mass is 289 g/mol. The standard InChI is InChI=1S/C14H12FN3O3/c15-9-3-1-2-8-10(4-5-21-13(8)9)18-12-7-16-11(6-17-12)14(19)20/h1-3,6-7,10H,4-5H2,(H,17,18)(H,19,20)/t10-/m0/s1. The van der Waals surface area contributed by atoms with Crippen LogP contribution in [0.1, 0.15) is 28.5 Å². The van der Waals surface area contributed by atoms with Crippen LogP contribution in [-0.2, 0) is 0 Å². The number of benzene rings is 1. The summed E-state index contributed by atoms with van der Waals surface area (Å²) in [6, 6.07) is 4.60. The number of aromatic carboxylic acids is 1. The molecule has 0 radical (unpaired) electrons. The number of para-hydroxylation sites is 1. The largest absolute Gasteiger partial charge is 0.490 e. The van der Waals surface area contributed by atoms with E-state index in [0.717, 1.165) is 0 Å². The molecule has 2 heterocycles. The van der Waals surface area contributed by atoms with Gasteiger partial charge in [-0.15, -0.1) is 0 Å². The smallest absolute Gasteiger partial charge is 0.356 e. The third kappa shape index (κ3) is 2.62. The molecule has 0 saturated heterocycles. The number of aromatic nitrogens is 2. The molecular formula is C14H12FN3O3. The molecule has 7 heteroatoms. The Bertz CT molecular complexity index is 676. The van der Waals surface area contributed by atoms with Crippen LogP contribution in [0.4, 0.5) is 10.2 Å². The maximum atomic E-state index is 13.7. The Morgan fingerprint density at radius 1 is 1.38 bits per heavy atom. The Morgan fingerprint density at radius 3 is 2.95 bits per heavy atom. The zero-order valence-corrected chi connectivity index (χ0v) is 10.9. The lowest BCUT2D eigenvalue weighted by molar-refractivity contribution is 0.0690. The number of nitrogens with one attached hydrogen (secondary N) is 1. The summed E-state index contributed by atoms with van der Waals surface area (Å²) >= 11 is 0. The molecule has 1 aromatic carbocycles. The first kappa shape index (κ1) is 13.3. The third-order valence-electron chi connectivity index (χ3n) is 3.22. The van der Waals surface area contributed by atoms with E-state index < -0.39 is 11.8 Å². The van der Waals surface area contributed by atoms with Crippen molar-refractivity contribution in [2.45, 2.75) is 12.5 Å². The molecular weight excluding hydrogens is 277 g/mol. The highest BCUT2D eigenvalue weighted by Crippen LogP contribution is 2.35. The quantitative estimate of drug-likeness (QED) is 0.901. The summed E-state index contributed by atoms with van der Waals surface area (Å²) in [6.45, 7) is 0.395. The summed E-state index contributed by atoms with van der Waals surface area (Å²) in [5.74, 6) is -0.850. The number of nitrogens with zero attached hydrogens (tertiary/aromatic N) is 2. The second-order valence-corrected chi connectivity index (χ2v) is 4.58. The van der Waals surface area contributed by atoms with Crippen molar-refractivity contribution in [3.8, 4) is 5.75 Å². The zero-order valence-electron chi connectivity index (χ0n) is 10.9. The van der Waals surface area contributed by atoms with Gasteiger partial charge in [0.15, 0.2) is 17.3 Å². The van der Waals surface area contributed by atoms with E-state index in [0.29, 0.717) is 24.4 Å². The van der Waals surface area contributed by atoms with E-state index in [2.05, 4.69) is 15.3 Å². The fourth-order valence-corrected chi connectivity index (χ4v) is 2.23. The van der Waals surface area contributed by atoms with Crippen LogP contribution in [0.25, 0.3) is 0 Å². The Morgan fingerprint density at radius 2 is 2.24 bits per heavy atom. The molecule has 0 spiro atoms. The van der Waals surface area contributed by atoms with E-state index in [4.69, 9.17) is 9.84 Å². The number of hydrogen-bond donors (Lipinski definition) is 2. The average molecular weight is 289 g/mol. The minimum atomic E-state index is -1.13. The second kappa shape index (κ2) is 5.35. The Labute approximate surface area is 119 Å². The number of rotatable bonds is 3. The lowest BCUT2D eigenvalue weighted by atomic mass is 10.0. The van der Waals surface area contributed by atoms with E-state index in [1.165, 1.54) is 18.5 Å². The van der Waals surface area contributed by atoms with Crippen molar-refractivity contribution in [2.24, 2.45) is 0 Å². The average Bonchev–Trinajstić information content (AvgIpc) is 2.49. The van der Waals surface area contributed by atoms with Gasteiger partial charge in [0.1, 0.15) is 5.82 Å². The number of carboxylic acids is 1. The predicted molar refractivity (Wildman–Crippen MR) is 71.9 cm³/mol. The molecule has 2 N–H and O–H groups in total. The minimum Gasteiger partial charge on any atom is -0.490 e. The molecule has 3 rings (SSSR count). The summed E-state index contributed by atoms with van der Waals surface area (Å²) in [4.78, 5) is 18.5. The molecule has 1 aliphatic heterocycles. The van der Waals surface area contributed by atoms with E-state index >= 15 is 0 Å². The highest BCUT2D eigenvalue weighted by molar-refractivity contribution is 5.84. The SMILES string of the molecule is O=C(O)c1cnc(N[C@H]2CCOc3c(F)cccc32)cn1. The number of anilines is 1. The summed E-state index contributed by atoms with van der Waals surface area (Å²) in [5.41, 5.74) is 0.587. The normalized spacial score (nSPS) is 16.7. The second-order valence-electron chi connectivity index (χ2n) is 4.58. The summed E-state index contributed by atoms with van der Waals surface area (Å²) in [7, 11) is 0. The molecule has 2 aromatic rings. The number of halogens is 1. The Hall–Kier alpha value is -2.70. The summed E-state index contributed by atoms with van der Waals surface area (Å²) in [5, 5.41) is 11.9. The molecule has 0 bridgehead atoms. The van der Waals surface area contributed by atoms with Crippen molar-refractivity contribution in [2.75, 3.05) is 11.9 Å². The van der Waals surface area contributed by atoms with Crippen molar-refractivity contribution >= 4 is 11.8 Å². The first-order chi connectivity index (χ1) is 10.1. The van der Waals surface area contributed by atoms with Crippen LogP contribution in [0.5, 0.6) is 5.75 Å². The first-order valence-corrected chi connectivity index (χ1v) is 6.38. The van der Waals surface area contributed by atoms with Crippen LogP contribution < -0.4 is 10.1 Å². The van der Waals surface area contributed by atoms with Gasteiger partial charge in [-0.3, -0.25) is 0 Å². The number of fused-ring (bicyclic) bond motifs is 1. The van der Waals surface area contributed by atoms with Crippen LogP contribution in [0, 0.1) is 5.82 Å². The van der Waals surface area contributed by atoms with Crippen molar-refractivity contribution in [1.29, 1.82) is 0 Å². The summed E-state index contributed by atoms with van der Waals surface area (Å²) < 4.78 is 19.0. The Balaban J connectivity index is 1.83. The molecule has 1 aliphatic rings. The lowest BCUT2D eigenvalue weighted by Gasteiger charge is -2.27. The fourth-order valence-electron chi connectivity index (χ4n) is 2.23. The number of carboxylic acid groups (broad SMARTS) is 1. The maximum Gasteiger partial charge on any atom is 0.356 e. The number of hydrogen-bond acceptors (Lipinski definition) is 5. The van der Waals surface area contributed by atoms with E-state index in [-0.39, 0.29) is 17.5 Å². The lowest BCUT2D eigenvalue weighted by Crippen LogP contribution is -2.21. The van der Waals surface area contributed by atoms with Crippen molar-refractivity contribution in [1.82, 2.24) is 9.97 Å². The fraction of sp³-hybridized carbons (Fsp3) is 0.214. The highest BCUT2D eigenvalue weighted by atomic mass is 19.1. The number of ether oxygens (including phenoxy) is 1. The molecule has 0 aliphatic carbocycles. The van der Waals surface area contributed by atoms with Gasteiger partial charge in [0.05, 0.1) is 25.0 Å². The van der Waals surface area contributed by atoms with Gasteiger partial charge in [0.25, 0.3) is 0 Å². The van der Waals surface area contributed by atoms with Gasteiger partial charge in [-0.25, -0.2) is 19.2 Å². The molecule has 0 unspecified atom stereocenters. The van der Waals surface area contributed by atoms with Crippen molar-refractivity contribution in [3.63, 3.8) is 0 Å². The van der Waals surface area contributed by atoms with Crippen LogP contribution in [0.15, 0.2) is 30.6 Å². The van der Waals surface area contributed by atoms with Gasteiger partial charge in [-0.1, -0.05) is 12.1 Å².